The third-order valence-corrected chi connectivity index (χ3v) is 2.94. The van der Waals surface area contributed by atoms with Crippen LogP contribution in [0.3, 0.4) is 0 Å². The molecule has 0 fully saturated rings. The maximum atomic E-state index is 5.73. The zero-order valence-electron chi connectivity index (χ0n) is 15.8. The van der Waals surface area contributed by atoms with E-state index in [0.717, 1.165) is 17.1 Å². The Kier molecular flexibility index (Phi) is 10.4. The third kappa shape index (κ3) is 14.1. The van der Waals surface area contributed by atoms with Crippen molar-refractivity contribution in [2.75, 3.05) is 19.8 Å². The van der Waals surface area contributed by atoms with E-state index < -0.39 is 0 Å². The maximum Gasteiger partial charge on any atom is 0.0455 e. The monoisotopic (exact) mass is 349 g/mol. The predicted octanol–water partition coefficient (Wildman–Crippen LogP) is 4.72. The van der Waals surface area contributed by atoms with Crippen LogP contribution in [0.15, 0.2) is 48.5 Å². The van der Waals surface area contributed by atoms with E-state index in [2.05, 4.69) is 43.3 Å². The zero-order valence-corrected chi connectivity index (χ0v) is 16.6. The number of halogens is 1. The molecule has 0 spiro atoms. The summed E-state index contributed by atoms with van der Waals surface area (Å²) in [7, 11) is 4.15. The Bertz CT molecular complexity index is 569. The molecule has 3 nitrogen and oxygen atoms in total. The molecule has 0 saturated carbocycles. The van der Waals surface area contributed by atoms with Gasteiger partial charge in [-0.05, 0) is 65.0 Å². The number of benzene rings is 2. The fraction of sp³-hybridized carbons (Fsp3) is 0.400. The SMILES string of the molecule is CC(C)(C)N.CN(C)Cc1ccccc1.Cc1ccc(N)cc1Cl. The van der Waals surface area contributed by atoms with Gasteiger partial charge < -0.3 is 16.4 Å². The molecule has 0 aliphatic heterocycles. The predicted molar refractivity (Wildman–Crippen MR) is 108 cm³/mol. The lowest BCUT2D eigenvalue weighted by Crippen LogP contribution is -2.26. The second-order valence-corrected chi connectivity index (χ2v) is 7.51. The summed E-state index contributed by atoms with van der Waals surface area (Å²) in [5.74, 6) is 0. The molecule has 2 rings (SSSR count). The number of hydrogen-bond acceptors (Lipinski definition) is 3. The summed E-state index contributed by atoms with van der Waals surface area (Å²) in [6.07, 6.45) is 0. The summed E-state index contributed by atoms with van der Waals surface area (Å²) in [6, 6.07) is 15.9. The number of aryl methyl sites for hydroxylation is 1. The van der Waals surface area contributed by atoms with Crippen molar-refractivity contribution in [1.29, 1.82) is 0 Å². The lowest BCUT2D eigenvalue weighted by molar-refractivity contribution is 0.402. The Balaban J connectivity index is 0.000000351. The van der Waals surface area contributed by atoms with Crippen LogP contribution in [0.5, 0.6) is 0 Å². The molecular formula is C20H32ClN3. The van der Waals surface area contributed by atoms with Crippen LogP contribution in [0.2, 0.25) is 5.02 Å². The molecule has 0 atom stereocenters. The zero-order chi connectivity index (χ0) is 18.8. The van der Waals surface area contributed by atoms with E-state index in [4.69, 9.17) is 23.1 Å². The van der Waals surface area contributed by atoms with Gasteiger partial charge in [0.1, 0.15) is 0 Å². The normalized spacial score (nSPS) is 10.4. The van der Waals surface area contributed by atoms with Gasteiger partial charge in [-0.25, -0.2) is 0 Å². The largest absolute Gasteiger partial charge is 0.399 e. The van der Waals surface area contributed by atoms with Crippen molar-refractivity contribution >= 4 is 17.3 Å². The van der Waals surface area contributed by atoms with Crippen molar-refractivity contribution in [3.63, 3.8) is 0 Å². The maximum absolute atomic E-state index is 5.73. The standard InChI is InChI=1S/C9H13N.C7H8ClN.C4H11N/c1-10(2)8-9-6-4-3-5-7-9;1-5-2-3-6(9)4-7(5)8;1-4(2,3)5/h3-7H,8H2,1-2H3;2-4H,9H2,1H3;5H2,1-3H3. The van der Waals surface area contributed by atoms with Gasteiger partial charge in [-0.3, -0.25) is 0 Å². The quantitative estimate of drug-likeness (QED) is 0.771. The topological polar surface area (TPSA) is 55.3 Å². The van der Waals surface area contributed by atoms with E-state index in [1.807, 2.05) is 45.9 Å². The van der Waals surface area contributed by atoms with Gasteiger partial charge in [-0.2, -0.15) is 0 Å². The van der Waals surface area contributed by atoms with Crippen molar-refractivity contribution in [2.24, 2.45) is 5.73 Å². The molecule has 0 radical (unpaired) electrons. The molecule has 0 heterocycles. The van der Waals surface area contributed by atoms with E-state index in [9.17, 15) is 0 Å². The Labute approximate surface area is 152 Å². The lowest BCUT2D eigenvalue weighted by Gasteiger charge is -2.08. The first kappa shape index (κ1) is 22.4. The fourth-order valence-corrected chi connectivity index (χ4v) is 1.75. The van der Waals surface area contributed by atoms with Crippen LogP contribution in [-0.4, -0.2) is 24.5 Å². The first-order valence-corrected chi connectivity index (χ1v) is 8.36. The van der Waals surface area contributed by atoms with Crippen LogP contribution in [0, 0.1) is 6.92 Å². The Morgan fingerprint density at radius 2 is 1.50 bits per heavy atom. The molecule has 0 amide bonds. The van der Waals surface area contributed by atoms with Gasteiger partial charge in [0.2, 0.25) is 0 Å². The van der Waals surface area contributed by atoms with Crippen LogP contribution in [0.1, 0.15) is 31.9 Å². The molecule has 134 valence electrons. The van der Waals surface area contributed by atoms with Crippen LogP contribution >= 0.6 is 11.6 Å². The van der Waals surface area contributed by atoms with Crippen LogP contribution < -0.4 is 11.5 Å². The smallest absolute Gasteiger partial charge is 0.0455 e. The first-order valence-electron chi connectivity index (χ1n) is 7.98. The summed E-state index contributed by atoms with van der Waals surface area (Å²) >= 11 is 5.73. The average Bonchev–Trinajstić information content (AvgIpc) is 2.43. The van der Waals surface area contributed by atoms with E-state index in [1.165, 1.54) is 5.56 Å². The summed E-state index contributed by atoms with van der Waals surface area (Å²) < 4.78 is 0. The van der Waals surface area contributed by atoms with Crippen LogP contribution in [0.25, 0.3) is 0 Å². The van der Waals surface area contributed by atoms with Gasteiger partial charge in [0.25, 0.3) is 0 Å². The molecule has 0 bridgehead atoms. The van der Waals surface area contributed by atoms with E-state index in [1.54, 1.807) is 6.07 Å². The molecule has 0 aliphatic carbocycles. The van der Waals surface area contributed by atoms with Gasteiger partial charge in [0, 0.05) is 22.8 Å². The molecule has 4 heteroatoms. The van der Waals surface area contributed by atoms with Gasteiger partial charge in [0.05, 0.1) is 0 Å². The molecule has 0 aromatic heterocycles. The number of nitrogens with zero attached hydrogens (tertiary/aromatic N) is 1. The highest BCUT2D eigenvalue weighted by atomic mass is 35.5. The molecule has 0 unspecified atom stereocenters. The number of rotatable bonds is 2. The van der Waals surface area contributed by atoms with Crippen LogP contribution in [-0.2, 0) is 6.54 Å². The third-order valence-electron chi connectivity index (χ3n) is 2.54. The molecule has 2 aromatic carbocycles. The molecule has 2 aromatic rings. The summed E-state index contributed by atoms with van der Waals surface area (Å²) in [5, 5.41) is 0.731. The van der Waals surface area contributed by atoms with Gasteiger partial charge >= 0.3 is 0 Å². The van der Waals surface area contributed by atoms with Gasteiger partial charge in [0.15, 0.2) is 0 Å². The Morgan fingerprint density at radius 3 is 1.88 bits per heavy atom. The van der Waals surface area contributed by atoms with Gasteiger partial charge in [-0.1, -0.05) is 48.0 Å². The van der Waals surface area contributed by atoms with E-state index in [0.29, 0.717) is 5.69 Å². The second-order valence-electron chi connectivity index (χ2n) is 7.10. The Hall–Kier alpha value is -1.55. The minimum Gasteiger partial charge on any atom is -0.399 e. The van der Waals surface area contributed by atoms with Crippen molar-refractivity contribution in [1.82, 2.24) is 4.90 Å². The average molecular weight is 350 g/mol. The van der Waals surface area contributed by atoms with E-state index in [-0.39, 0.29) is 5.54 Å². The van der Waals surface area contributed by atoms with Crippen molar-refractivity contribution in [2.45, 2.75) is 39.8 Å². The van der Waals surface area contributed by atoms with Gasteiger partial charge in [-0.15, -0.1) is 0 Å². The number of nitrogens with two attached hydrogens (primary N) is 2. The highest BCUT2D eigenvalue weighted by Gasteiger charge is 1.95. The van der Waals surface area contributed by atoms with Crippen molar-refractivity contribution in [3.8, 4) is 0 Å². The fourth-order valence-electron chi connectivity index (χ4n) is 1.56. The summed E-state index contributed by atoms with van der Waals surface area (Å²) in [6.45, 7) is 8.87. The first-order chi connectivity index (χ1) is 11.0. The van der Waals surface area contributed by atoms with Crippen molar-refractivity contribution in [3.05, 3.63) is 64.7 Å². The second kappa shape index (κ2) is 11.1. The molecule has 0 aliphatic rings. The molecule has 0 saturated heterocycles. The number of nitrogen functional groups attached to an aromatic ring is 1. The lowest BCUT2D eigenvalue weighted by atomic mass is 10.1. The molecule has 4 N–H and O–H groups in total. The molecular weight excluding hydrogens is 318 g/mol. The minimum absolute atomic E-state index is 0. The number of hydrogen-bond donors (Lipinski definition) is 2. The molecule has 24 heavy (non-hydrogen) atoms. The summed E-state index contributed by atoms with van der Waals surface area (Å²) in [4.78, 5) is 2.16. The van der Waals surface area contributed by atoms with Crippen LogP contribution in [0.4, 0.5) is 5.69 Å². The van der Waals surface area contributed by atoms with Crippen molar-refractivity contribution < 1.29 is 0 Å². The Morgan fingerprint density at radius 1 is 1.00 bits per heavy atom. The highest BCUT2D eigenvalue weighted by Crippen LogP contribution is 2.17. The minimum atomic E-state index is 0. The number of anilines is 1. The summed E-state index contributed by atoms with van der Waals surface area (Å²) in [5.41, 5.74) is 13.9. The highest BCUT2D eigenvalue weighted by molar-refractivity contribution is 6.31. The van der Waals surface area contributed by atoms with E-state index >= 15 is 0 Å².